The average molecular weight is 565 g/mol. The van der Waals surface area contributed by atoms with Crippen LogP contribution in [0.25, 0.3) is 16.9 Å². The van der Waals surface area contributed by atoms with Crippen LogP contribution in [0.2, 0.25) is 5.02 Å². The number of rotatable bonds is 11. The Labute approximate surface area is 230 Å². The predicted octanol–water partition coefficient (Wildman–Crippen LogP) is 5.75. The van der Waals surface area contributed by atoms with E-state index in [-0.39, 0.29) is 34.6 Å². The van der Waals surface area contributed by atoms with Gasteiger partial charge in [0.25, 0.3) is 5.91 Å². The fourth-order valence-electron chi connectivity index (χ4n) is 3.93. The predicted molar refractivity (Wildman–Crippen MR) is 147 cm³/mol. The van der Waals surface area contributed by atoms with E-state index in [0.717, 1.165) is 25.7 Å². The molecule has 0 atom stereocenters. The average Bonchev–Trinajstić information content (AvgIpc) is 3.32. The third-order valence-corrected chi connectivity index (χ3v) is 6.18. The van der Waals surface area contributed by atoms with E-state index in [1.54, 1.807) is 28.8 Å². The highest BCUT2D eigenvalue weighted by Gasteiger charge is 2.19. The Bertz CT molecular complexity index is 1420. The molecule has 0 spiro atoms. The molecule has 0 aliphatic rings. The zero-order valence-corrected chi connectivity index (χ0v) is 22.2. The van der Waals surface area contributed by atoms with Crippen LogP contribution in [0, 0.1) is 11.6 Å². The highest BCUT2D eigenvalue weighted by molar-refractivity contribution is 6.34. The van der Waals surface area contributed by atoms with Crippen molar-refractivity contribution < 1.29 is 18.3 Å². The third kappa shape index (κ3) is 6.32. The van der Waals surface area contributed by atoms with Crippen LogP contribution < -0.4 is 21.1 Å². The number of imidazole rings is 1. The summed E-state index contributed by atoms with van der Waals surface area (Å²) in [6.07, 6.45) is 8.44. The van der Waals surface area contributed by atoms with Gasteiger partial charge in [0.2, 0.25) is 5.82 Å². The van der Waals surface area contributed by atoms with E-state index in [1.807, 2.05) is 0 Å². The number of hydrogen-bond donors (Lipinski definition) is 3. The van der Waals surface area contributed by atoms with Crippen molar-refractivity contribution in [2.75, 3.05) is 25.5 Å². The molecule has 0 saturated carbocycles. The summed E-state index contributed by atoms with van der Waals surface area (Å²) in [7, 11) is 1.27. The molecule has 2 aromatic heterocycles. The normalized spacial score (nSPS) is 10.8. The number of anilines is 2. The van der Waals surface area contributed by atoms with Crippen molar-refractivity contribution in [3.05, 3.63) is 71.1 Å². The molecule has 4 aromatic rings. The van der Waals surface area contributed by atoms with Gasteiger partial charge in [-0.25, -0.2) is 14.4 Å². The van der Waals surface area contributed by atoms with Gasteiger partial charge >= 0.3 is 0 Å². The van der Waals surface area contributed by atoms with Crippen LogP contribution in [-0.4, -0.2) is 40.5 Å². The van der Waals surface area contributed by atoms with Gasteiger partial charge in [-0.3, -0.25) is 9.20 Å². The summed E-state index contributed by atoms with van der Waals surface area (Å²) >= 11 is 6.39. The first-order valence-electron chi connectivity index (χ1n) is 11.8. The Morgan fingerprint density at radius 3 is 2.63 bits per heavy atom. The Kier molecular flexibility index (Phi) is 10.2. The molecule has 8 nitrogen and oxygen atoms in total. The highest BCUT2D eigenvalue weighted by Crippen LogP contribution is 2.32. The summed E-state index contributed by atoms with van der Waals surface area (Å²) in [5.41, 5.74) is 7.19. The molecule has 4 rings (SSSR count). The molecule has 0 saturated heterocycles. The van der Waals surface area contributed by atoms with Gasteiger partial charge in [0, 0.05) is 30.2 Å². The van der Waals surface area contributed by atoms with Crippen LogP contribution in [0.3, 0.4) is 0 Å². The lowest BCUT2D eigenvalue weighted by molar-refractivity contribution is 0.0953. The Morgan fingerprint density at radius 1 is 1.11 bits per heavy atom. The van der Waals surface area contributed by atoms with E-state index in [9.17, 15) is 13.6 Å². The fourth-order valence-corrected chi connectivity index (χ4v) is 4.19. The van der Waals surface area contributed by atoms with Crippen molar-refractivity contribution in [3.8, 4) is 17.0 Å². The van der Waals surface area contributed by atoms with Crippen LogP contribution >= 0.6 is 24.0 Å². The lowest BCUT2D eigenvalue weighted by Crippen LogP contribution is -2.24. The second-order valence-electron chi connectivity index (χ2n) is 8.33. The number of carbonyl (C=O) groups is 1. The molecular weight excluding hydrogens is 537 g/mol. The van der Waals surface area contributed by atoms with Gasteiger partial charge < -0.3 is 21.1 Å². The van der Waals surface area contributed by atoms with E-state index in [1.165, 1.54) is 31.6 Å². The number of fused-ring (bicyclic) bond motifs is 1. The molecule has 38 heavy (non-hydrogen) atoms. The summed E-state index contributed by atoms with van der Waals surface area (Å²) in [6.45, 7) is 1.24. The molecule has 202 valence electrons. The van der Waals surface area contributed by atoms with E-state index in [0.29, 0.717) is 41.5 Å². The van der Waals surface area contributed by atoms with Crippen molar-refractivity contribution in [3.63, 3.8) is 0 Å². The van der Waals surface area contributed by atoms with Crippen molar-refractivity contribution in [1.82, 2.24) is 19.7 Å². The highest BCUT2D eigenvalue weighted by atomic mass is 35.5. The summed E-state index contributed by atoms with van der Waals surface area (Å²) in [5.74, 6) is -2.18. The van der Waals surface area contributed by atoms with Crippen LogP contribution in [0.4, 0.5) is 20.3 Å². The van der Waals surface area contributed by atoms with Crippen molar-refractivity contribution in [1.29, 1.82) is 0 Å². The second-order valence-corrected chi connectivity index (χ2v) is 8.74. The minimum atomic E-state index is -1.08. The Hall–Kier alpha value is -3.47. The molecule has 0 aliphatic heterocycles. The Balaban J connectivity index is 0.00000400. The number of aromatic nitrogens is 3. The fraction of sp³-hybridized carbons (Fsp3) is 0.269. The van der Waals surface area contributed by atoms with E-state index in [4.69, 9.17) is 22.1 Å². The van der Waals surface area contributed by atoms with Gasteiger partial charge in [-0.1, -0.05) is 24.4 Å². The first kappa shape index (κ1) is 29.1. The topological polar surface area (TPSA) is 107 Å². The molecule has 2 heterocycles. The smallest absolute Gasteiger partial charge is 0.252 e. The van der Waals surface area contributed by atoms with Crippen molar-refractivity contribution >= 4 is 47.1 Å². The van der Waals surface area contributed by atoms with E-state index >= 15 is 0 Å². The van der Waals surface area contributed by atoms with Gasteiger partial charge in [-0.2, -0.15) is 4.39 Å². The van der Waals surface area contributed by atoms with Gasteiger partial charge in [-0.05, 0) is 49.7 Å². The molecular formula is C26H28Cl2F2N6O2. The first-order valence-corrected chi connectivity index (χ1v) is 12.2. The summed E-state index contributed by atoms with van der Waals surface area (Å²) < 4.78 is 35.4. The SMILES string of the molecule is COc1ccc(-c2cnc3c(Nc4ccc(C(=O)NCCCCCCN)c(Cl)c4)nccn23)c(F)c1F.Cl. The molecule has 1 amide bonds. The van der Waals surface area contributed by atoms with Crippen molar-refractivity contribution in [2.45, 2.75) is 25.7 Å². The number of nitrogens with zero attached hydrogens (tertiary/aromatic N) is 3. The number of ether oxygens (including phenoxy) is 1. The van der Waals surface area contributed by atoms with Crippen LogP contribution in [0.5, 0.6) is 5.75 Å². The largest absolute Gasteiger partial charge is 0.494 e. The van der Waals surface area contributed by atoms with Gasteiger partial charge in [0.15, 0.2) is 23.0 Å². The maximum atomic E-state index is 14.7. The number of hydrogen-bond acceptors (Lipinski definition) is 6. The van der Waals surface area contributed by atoms with Crippen LogP contribution in [-0.2, 0) is 0 Å². The number of nitrogens with one attached hydrogen (secondary N) is 2. The molecule has 0 aliphatic carbocycles. The van der Waals surface area contributed by atoms with Gasteiger partial charge in [0.05, 0.1) is 29.6 Å². The standard InChI is InChI=1S/C26H27ClF2N6O2.ClH/c1-37-21-9-8-18(22(28)23(21)29)20-15-33-25-24(31-12-13-35(20)25)34-16-6-7-17(19(27)14-16)26(36)32-11-5-3-2-4-10-30;/h6-9,12-15H,2-5,10-11,30H2,1H3,(H,31,34)(H,32,36);1H. The molecule has 2 aromatic carbocycles. The summed E-state index contributed by atoms with van der Waals surface area (Å²) in [5, 5.41) is 6.28. The number of amides is 1. The molecule has 0 fully saturated rings. The first-order chi connectivity index (χ1) is 17.9. The molecule has 4 N–H and O–H groups in total. The van der Waals surface area contributed by atoms with E-state index < -0.39 is 11.6 Å². The summed E-state index contributed by atoms with van der Waals surface area (Å²) in [6, 6.07) is 7.73. The maximum Gasteiger partial charge on any atom is 0.252 e. The number of benzene rings is 2. The van der Waals surface area contributed by atoms with Crippen molar-refractivity contribution in [2.24, 2.45) is 5.73 Å². The molecule has 0 unspecified atom stereocenters. The van der Waals surface area contributed by atoms with E-state index in [2.05, 4.69) is 20.6 Å². The van der Waals surface area contributed by atoms with Crippen LogP contribution in [0.1, 0.15) is 36.0 Å². The molecule has 0 bridgehead atoms. The quantitative estimate of drug-likeness (QED) is 0.200. The number of nitrogens with two attached hydrogens (primary N) is 1. The number of halogens is 4. The maximum absolute atomic E-state index is 14.7. The third-order valence-electron chi connectivity index (χ3n) is 5.86. The second kappa shape index (κ2) is 13.4. The molecule has 0 radical (unpaired) electrons. The minimum absolute atomic E-state index is 0. The van der Waals surface area contributed by atoms with Crippen LogP contribution in [0.15, 0.2) is 48.9 Å². The lowest BCUT2D eigenvalue weighted by Gasteiger charge is -2.11. The van der Waals surface area contributed by atoms with Gasteiger partial charge in [0.1, 0.15) is 0 Å². The number of methoxy groups -OCH3 is 1. The number of carbonyl (C=O) groups excluding carboxylic acids is 1. The zero-order valence-electron chi connectivity index (χ0n) is 20.6. The minimum Gasteiger partial charge on any atom is -0.494 e. The van der Waals surface area contributed by atoms with Gasteiger partial charge in [-0.15, -0.1) is 12.4 Å². The lowest BCUT2D eigenvalue weighted by atomic mass is 10.1. The zero-order chi connectivity index (χ0) is 26.4. The Morgan fingerprint density at radius 2 is 1.89 bits per heavy atom. The molecule has 12 heteroatoms. The summed E-state index contributed by atoms with van der Waals surface area (Å²) in [4.78, 5) is 21.2. The monoisotopic (exact) mass is 564 g/mol. The number of unbranched alkanes of at least 4 members (excludes halogenated alkanes) is 3.